The molecule has 1 amide bonds. The second kappa shape index (κ2) is 6.01. The van der Waals surface area contributed by atoms with Crippen LogP contribution in [0.4, 0.5) is 5.82 Å². The van der Waals surface area contributed by atoms with Crippen molar-refractivity contribution in [2.75, 3.05) is 11.9 Å². The second-order valence-electron chi connectivity index (χ2n) is 4.57. The Hall–Kier alpha value is -1.35. The van der Waals surface area contributed by atoms with Crippen LogP contribution in [0.2, 0.25) is 5.02 Å². The molecule has 0 aliphatic heterocycles. The number of amides is 1. The van der Waals surface area contributed by atoms with Crippen LogP contribution in [0.3, 0.4) is 0 Å². The average molecular weight is 265 g/mol. The summed E-state index contributed by atoms with van der Waals surface area (Å²) in [5.74, 6) is 0.721. The van der Waals surface area contributed by atoms with Gasteiger partial charge in [-0.05, 0) is 37.8 Å². The Bertz CT molecular complexity index is 453. The summed E-state index contributed by atoms with van der Waals surface area (Å²) in [6.07, 6.45) is 8.85. The number of halogens is 1. The largest absolute Gasteiger partial charge is 0.300 e. The number of carbonyl (C=O) groups excluding carboxylic acids is 1. The van der Waals surface area contributed by atoms with Crippen LogP contribution in [0.15, 0.2) is 30.0 Å². The molecule has 0 spiro atoms. The maximum atomic E-state index is 12.1. The van der Waals surface area contributed by atoms with E-state index in [4.69, 9.17) is 11.6 Å². The van der Waals surface area contributed by atoms with Gasteiger partial charge in [0.25, 0.3) is 0 Å². The minimum atomic E-state index is 0.0815. The first-order valence-corrected chi connectivity index (χ1v) is 6.60. The number of carbonyl (C=O) groups is 1. The molecule has 4 heteroatoms. The number of anilines is 1. The Labute approximate surface area is 112 Å². The first-order chi connectivity index (χ1) is 8.66. The lowest BCUT2D eigenvalue weighted by atomic mass is 9.97. The van der Waals surface area contributed by atoms with E-state index in [1.165, 1.54) is 18.4 Å². The summed E-state index contributed by atoms with van der Waals surface area (Å²) in [7, 11) is 1.75. The zero-order chi connectivity index (χ0) is 13.0. The highest BCUT2D eigenvalue weighted by Crippen LogP contribution is 2.22. The van der Waals surface area contributed by atoms with Crippen molar-refractivity contribution in [2.24, 2.45) is 0 Å². The van der Waals surface area contributed by atoms with Crippen molar-refractivity contribution in [3.8, 4) is 0 Å². The zero-order valence-corrected chi connectivity index (χ0v) is 11.3. The fourth-order valence-electron chi connectivity index (χ4n) is 2.07. The third kappa shape index (κ3) is 3.33. The van der Waals surface area contributed by atoms with Gasteiger partial charge < -0.3 is 0 Å². The molecule has 0 fully saturated rings. The Morgan fingerprint density at radius 2 is 2.28 bits per heavy atom. The molecule has 3 nitrogen and oxygen atoms in total. The molecule has 0 atom stereocenters. The van der Waals surface area contributed by atoms with Crippen LogP contribution in [0.25, 0.3) is 0 Å². The van der Waals surface area contributed by atoms with Gasteiger partial charge in [0.1, 0.15) is 5.82 Å². The molecule has 18 heavy (non-hydrogen) atoms. The highest BCUT2D eigenvalue weighted by Gasteiger charge is 2.15. The molecule has 2 rings (SSSR count). The van der Waals surface area contributed by atoms with Gasteiger partial charge in [0.05, 0.1) is 5.02 Å². The van der Waals surface area contributed by atoms with Crippen LogP contribution in [0.1, 0.15) is 32.1 Å². The van der Waals surface area contributed by atoms with Crippen molar-refractivity contribution in [2.45, 2.75) is 32.1 Å². The van der Waals surface area contributed by atoms with Crippen molar-refractivity contribution in [3.05, 3.63) is 35.0 Å². The molecule has 0 aromatic carbocycles. The van der Waals surface area contributed by atoms with E-state index in [2.05, 4.69) is 11.1 Å². The number of hydrogen-bond acceptors (Lipinski definition) is 2. The fraction of sp³-hybridized carbons (Fsp3) is 0.429. The summed E-state index contributed by atoms with van der Waals surface area (Å²) in [6.45, 7) is 0. The molecule has 1 aliphatic carbocycles. The summed E-state index contributed by atoms with van der Waals surface area (Å²) in [4.78, 5) is 17.8. The zero-order valence-electron chi connectivity index (χ0n) is 10.5. The van der Waals surface area contributed by atoms with E-state index in [1.807, 2.05) is 0 Å². The number of rotatable bonds is 3. The molecule has 1 heterocycles. The highest BCUT2D eigenvalue weighted by molar-refractivity contribution is 6.30. The summed E-state index contributed by atoms with van der Waals surface area (Å²) >= 11 is 5.78. The lowest BCUT2D eigenvalue weighted by Gasteiger charge is -2.18. The standard InChI is InChI=1S/C14H17ClN2O/c1-17(13-8-7-12(15)10-16-13)14(18)9-11-5-3-2-4-6-11/h5,7-8,10H,2-4,6,9H2,1H3. The minimum absolute atomic E-state index is 0.0815. The average Bonchev–Trinajstić information content (AvgIpc) is 2.40. The third-order valence-corrected chi connectivity index (χ3v) is 3.42. The molecular formula is C14H17ClN2O. The maximum absolute atomic E-state index is 12.1. The Morgan fingerprint density at radius 1 is 1.44 bits per heavy atom. The van der Waals surface area contributed by atoms with Gasteiger partial charge in [-0.25, -0.2) is 4.98 Å². The van der Waals surface area contributed by atoms with Crippen LogP contribution in [0.5, 0.6) is 0 Å². The molecule has 0 N–H and O–H groups in total. The van der Waals surface area contributed by atoms with Gasteiger partial charge >= 0.3 is 0 Å². The smallest absolute Gasteiger partial charge is 0.231 e. The van der Waals surface area contributed by atoms with E-state index in [1.54, 1.807) is 30.3 Å². The molecule has 0 saturated carbocycles. The number of nitrogens with zero attached hydrogens (tertiary/aromatic N) is 2. The summed E-state index contributed by atoms with van der Waals surface area (Å²) < 4.78 is 0. The molecular weight excluding hydrogens is 248 g/mol. The summed E-state index contributed by atoms with van der Waals surface area (Å²) in [5, 5.41) is 0.578. The minimum Gasteiger partial charge on any atom is -0.300 e. The molecule has 1 aromatic heterocycles. The van der Waals surface area contributed by atoms with Gasteiger partial charge in [0.2, 0.25) is 5.91 Å². The van der Waals surface area contributed by atoms with E-state index < -0.39 is 0 Å². The van der Waals surface area contributed by atoms with E-state index >= 15 is 0 Å². The van der Waals surface area contributed by atoms with Gasteiger partial charge in [-0.3, -0.25) is 9.69 Å². The maximum Gasteiger partial charge on any atom is 0.231 e. The van der Waals surface area contributed by atoms with Gasteiger partial charge in [-0.15, -0.1) is 0 Å². The normalized spacial score (nSPS) is 15.1. The molecule has 1 aromatic rings. The first-order valence-electron chi connectivity index (χ1n) is 6.23. The first kappa shape index (κ1) is 13.1. The van der Waals surface area contributed by atoms with Crippen molar-refractivity contribution in [3.63, 3.8) is 0 Å². The van der Waals surface area contributed by atoms with Crippen LogP contribution in [0, 0.1) is 0 Å². The van der Waals surface area contributed by atoms with Crippen LogP contribution < -0.4 is 4.90 Å². The molecule has 96 valence electrons. The Kier molecular flexibility index (Phi) is 4.37. The lowest BCUT2D eigenvalue weighted by Crippen LogP contribution is -2.27. The van der Waals surface area contributed by atoms with Crippen LogP contribution in [-0.2, 0) is 4.79 Å². The monoisotopic (exact) mass is 264 g/mol. The summed E-state index contributed by atoms with van der Waals surface area (Å²) in [5.41, 5.74) is 1.26. The van der Waals surface area contributed by atoms with Crippen molar-refractivity contribution in [1.29, 1.82) is 0 Å². The number of pyridine rings is 1. The van der Waals surface area contributed by atoms with Gasteiger partial charge in [0, 0.05) is 19.7 Å². The van der Waals surface area contributed by atoms with E-state index in [9.17, 15) is 4.79 Å². The lowest BCUT2D eigenvalue weighted by molar-refractivity contribution is -0.117. The van der Waals surface area contributed by atoms with Crippen molar-refractivity contribution in [1.82, 2.24) is 4.98 Å². The second-order valence-corrected chi connectivity index (χ2v) is 5.01. The molecule has 1 aliphatic rings. The van der Waals surface area contributed by atoms with Crippen LogP contribution >= 0.6 is 11.6 Å². The van der Waals surface area contributed by atoms with E-state index in [0.29, 0.717) is 17.3 Å². The molecule has 0 saturated heterocycles. The Morgan fingerprint density at radius 3 is 2.89 bits per heavy atom. The Balaban J connectivity index is 2.00. The predicted octanol–water partition coefficient (Wildman–Crippen LogP) is 3.59. The SMILES string of the molecule is CN(C(=O)CC1=CCCCC1)c1ccc(Cl)cn1. The highest BCUT2D eigenvalue weighted by atomic mass is 35.5. The quantitative estimate of drug-likeness (QED) is 0.782. The number of aromatic nitrogens is 1. The predicted molar refractivity (Wildman–Crippen MR) is 73.8 cm³/mol. The molecule has 0 unspecified atom stereocenters. The third-order valence-electron chi connectivity index (χ3n) is 3.19. The molecule has 0 radical (unpaired) electrons. The van der Waals surface area contributed by atoms with E-state index in [-0.39, 0.29) is 5.91 Å². The number of hydrogen-bond donors (Lipinski definition) is 0. The van der Waals surface area contributed by atoms with Crippen molar-refractivity contribution < 1.29 is 4.79 Å². The molecule has 0 bridgehead atoms. The van der Waals surface area contributed by atoms with E-state index in [0.717, 1.165) is 12.8 Å². The van der Waals surface area contributed by atoms with Gasteiger partial charge in [-0.2, -0.15) is 0 Å². The van der Waals surface area contributed by atoms with Gasteiger partial charge in [0.15, 0.2) is 0 Å². The number of allylic oxidation sites excluding steroid dienone is 1. The van der Waals surface area contributed by atoms with Crippen LogP contribution in [-0.4, -0.2) is 17.9 Å². The van der Waals surface area contributed by atoms with Crippen molar-refractivity contribution >= 4 is 23.3 Å². The summed E-state index contributed by atoms with van der Waals surface area (Å²) in [6, 6.07) is 3.50. The topological polar surface area (TPSA) is 33.2 Å². The van der Waals surface area contributed by atoms with Gasteiger partial charge in [-0.1, -0.05) is 23.3 Å². The fourth-order valence-corrected chi connectivity index (χ4v) is 2.18.